The minimum absolute atomic E-state index is 0.292. The van der Waals surface area contributed by atoms with Crippen molar-refractivity contribution in [2.24, 2.45) is 5.41 Å². The average molecular weight is 402 g/mol. The summed E-state index contributed by atoms with van der Waals surface area (Å²) in [6.07, 6.45) is 5.90. The molecule has 1 N–H and O–H groups in total. The van der Waals surface area contributed by atoms with Crippen LogP contribution in [0.1, 0.15) is 39.0 Å². The Balaban J connectivity index is 1.41. The second-order valence-electron chi connectivity index (χ2n) is 8.15. The number of aromatic nitrogens is 1. The zero-order chi connectivity index (χ0) is 20.3. The Morgan fingerprint density at radius 1 is 1.31 bits per heavy atom. The van der Waals surface area contributed by atoms with Crippen LogP contribution in [0.3, 0.4) is 0 Å². The van der Waals surface area contributed by atoms with Crippen molar-refractivity contribution >= 4 is 23.5 Å². The Hall–Kier alpha value is -2.35. The third-order valence-corrected chi connectivity index (χ3v) is 6.35. The molecule has 3 saturated heterocycles. The lowest BCUT2D eigenvalue weighted by Gasteiger charge is -2.40. The fourth-order valence-corrected chi connectivity index (χ4v) is 4.83. The fraction of sp³-hybridized carbons (Fsp3) is 0.667. The van der Waals surface area contributed by atoms with Crippen LogP contribution in [0.15, 0.2) is 18.3 Å². The van der Waals surface area contributed by atoms with Gasteiger partial charge in [0.25, 0.3) is 0 Å². The maximum Gasteiger partial charge on any atom is 0.411 e. The lowest BCUT2D eigenvalue weighted by atomic mass is 9.78. The number of carbonyl (C=O) groups excluding carboxylic acids is 2. The van der Waals surface area contributed by atoms with Crippen LogP contribution in [0.2, 0.25) is 0 Å². The lowest BCUT2D eigenvalue weighted by molar-refractivity contribution is -0.139. The van der Waals surface area contributed by atoms with E-state index in [0.29, 0.717) is 30.8 Å². The topological polar surface area (TPSA) is 84.0 Å². The molecule has 4 heterocycles. The number of piperidine rings is 1. The van der Waals surface area contributed by atoms with Crippen molar-refractivity contribution in [1.82, 2.24) is 9.88 Å². The summed E-state index contributed by atoms with van der Waals surface area (Å²) in [6, 6.07) is 4.05. The molecule has 8 heteroatoms. The first-order valence-electron chi connectivity index (χ1n) is 10.6. The van der Waals surface area contributed by atoms with Crippen LogP contribution in [0.4, 0.5) is 16.3 Å². The number of carbonyl (C=O) groups is 2. The van der Waals surface area contributed by atoms with Gasteiger partial charge in [-0.1, -0.05) is 0 Å². The van der Waals surface area contributed by atoms with Crippen molar-refractivity contribution in [3.8, 4) is 0 Å². The van der Waals surface area contributed by atoms with Crippen LogP contribution in [0, 0.1) is 5.41 Å². The number of rotatable bonds is 4. The summed E-state index contributed by atoms with van der Waals surface area (Å²) in [4.78, 5) is 33.8. The van der Waals surface area contributed by atoms with Gasteiger partial charge in [-0.2, -0.15) is 0 Å². The van der Waals surface area contributed by atoms with Gasteiger partial charge in [0, 0.05) is 38.9 Å². The van der Waals surface area contributed by atoms with Gasteiger partial charge < -0.3 is 19.3 Å². The molecule has 0 radical (unpaired) electrons. The largest absolute Gasteiger partial charge is 0.450 e. The molecule has 1 unspecified atom stereocenters. The predicted octanol–water partition coefficient (Wildman–Crippen LogP) is 2.65. The first kappa shape index (κ1) is 19.9. The van der Waals surface area contributed by atoms with Gasteiger partial charge in [0.05, 0.1) is 23.9 Å². The minimum atomic E-state index is -0.483. The molecule has 4 rings (SSSR count). The van der Waals surface area contributed by atoms with Gasteiger partial charge in [-0.25, -0.2) is 9.78 Å². The van der Waals surface area contributed by atoms with E-state index in [0.717, 1.165) is 64.2 Å². The number of pyridine rings is 1. The van der Waals surface area contributed by atoms with Gasteiger partial charge in [0.1, 0.15) is 5.82 Å². The molecule has 158 valence electrons. The number of anilines is 2. The van der Waals surface area contributed by atoms with Gasteiger partial charge >= 0.3 is 6.09 Å². The van der Waals surface area contributed by atoms with Crippen LogP contribution in [-0.4, -0.2) is 67.4 Å². The Morgan fingerprint density at radius 2 is 2.14 bits per heavy atom. The number of hydrogen-bond acceptors (Lipinski definition) is 6. The number of nitrogens with one attached hydrogen (secondary N) is 1. The molecule has 2 amide bonds. The van der Waals surface area contributed by atoms with Crippen molar-refractivity contribution in [2.45, 2.75) is 45.1 Å². The van der Waals surface area contributed by atoms with Gasteiger partial charge in [0.2, 0.25) is 5.91 Å². The third kappa shape index (κ3) is 4.17. The van der Waals surface area contributed by atoms with E-state index in [2.05, 4.69) is 20.1 Å². The smallest absolute Gasteiger partial charge is 0.411 e. The summed E-state index contributed by atoms with van der Waals surface area (Å²) in [7, 11) is 0. The van der Waals surface area contributed by atoms with E-state index in [4.69, 9.17) is 9.47 Å². The molecule has 29 heavy (non-hydrogen) atoms. The quantitative estimate of drug-likeness (QED) is 0.834. The average Bonchev–Trinajstić information content (AvgIpc) is 3.05. The van der Waals surface area contributed by atoms with E-state index in [1.54, 1.807) is 13.1 Å². The van der Waals surface area contributed by atoms with Crippen molar-refractivity contribution in [3.63, 3.8) is 0 Å². The van der Waals surface area contributed by atoms with Crippen LogP contribution in [-0.2, 0) is 14.3 Å². The Morgan fingerprint density at radius 3 is 2.86 bits per heavy atom. The third-order valence-electron chi connectivity index (χ3n) is 6.35. The Kier molecular flexibility index (Phi) is 5.89. The Labute approximate surface area is 171 Å². The summed E-state index contributed by atoms with van der Waals surface area (Å²) in [5, 5.41) is 2.66. The fourth-order valence-electron chi connectivity index (χ4n) is 4.83. The molecule has 3 aliphatic rings. The monoisotopic (exact) mass is 402 g/mol. The van der Waals surface area contributed by atoms with Crippen LogP contribution in [0.5, 0.6) is 0 Å². The standard InChI is InChI=1S/C21H30N4O4/c1-2-29-20(27)23-16-4-5-18(22-14-16)24-10-3-8-21(15-24)9-11-25(19(21)26)17-6-12-28-13-7-17/h4-5,14,17H,2-3,6-13,15H2,1H3,(H,23,27). The van der Waals surface area contributed by atoms with Crippen molar-refractivity contribution < 1.29 is 19.1 Å². The maximum absolute atomic E-state index is 13.4. The second kappa shape index (κ2) is 8.57. The highest BCUT2D eigenvalue weighted by molar-refractivity contribution is 5.86. The van der Waals surface area contributed by atoms with Crippen molar-refractivity contribution in [3.05, 3.63) is 18.3 Å². The number of likely N-dealkylation sites (tertiary alicyclic amines) is 1. The van der Waals surface area contributed by atoms with Crippen molar-refractivity contribution in [1.29, 1.82) is 0 Å². The molecule has 1 spiro atoms. The van der Waals surface area contributed by atoms with E-state index in [9.17, 15) is 9.59 Å². The predicted molar refractivity (Wildman–Crippen MR) is 109 cm³/mol. The minimum Gasteiger partial charge on any atom is -0.450 e. The molecule has 0 aliphatic carbocycles. The normalized spacial score (nSPS) is 25.5. The summed E-state index contributed by atoms with van der Waals surface area (Å²) in [5.41, 5.74) is 0.307. The number of hydrogen-bond donors (Lipinski definition) is 1. The zero-order valence-electron chi connectivity index (χ0n) is 17.1. The first-order chi connectivity index (χ1) is 14.1. The molecule has 1 aromatic heterocycles. The van der Waals surface area contributed by atoms with E-state index in [1.807, 2.05) is 12.1 Å². The summed E-state index contributed by atoms with van der Waals surface area (Å²) in [6.45, 7) is 6.06. The van der Waals surface area contributed by atoms with E-state index in [-0.39, 0.29) is 5.41 Å². The summed E-state index contributed by atoms with van der Waals surface area (Å²) >= 11 is 0. The van der Waals surface area contributed by atoms with Crippen LogP contribution in [0.25, 0.3) is 0 Å². The highest BCUT2D eigenvalue weighted by atomic mass is 16.5. The molecule has 3 aliphatic heterocycles. The maximum atomic E-state index is 13.4. The summed E-state index contributed by atoms with van der Waals surface area (Å²) < 4.78 is 10.4. The summed E-state index contributed by atoms with van der Waals surface area (Å²) in [5.74, 6) is 1.16. The van der Waals surface area contributed by atoms with Crippen LogP contribution >= 0.6 is 0 Å². The van der Waals surface area contributed by atoms with E-state index >= 15 is 0 Å². The molecule has 0 aromatic carbocycles. The molecular weight excluding hydrogens is 372 g/mol. The molecule has 1 aromatic rings. The van der Waals surface area contributed by atoms with Gasteiger partial charge in [-0.05, 0) is 51.2 Å². The van der Waals surface area contributed by atoms with Gasteiger partial charge in [-0.3, -0.25) is 10.1 Å². The highest BCUT2D eigenvalue weighted by Gasteiger charge is 2.50. The molecule has 1 atom stereocenters. The van der Waals surface area contributed by atoms with E-state index < -0.39 is 6.09 Å². The number of ether oxygens (including phenoxy) is 2. The number of amides is 2. The molecule has 3 fully saturated rings. The number of nitrogens with zero attached hydrogens (tertiary/aromatic N) is 3. The van der Waals surface area contributed by atoms with Gasteiger partial charge in [0.15, 0.2) is 0 Å². The molecule has 0 saturated carbocycles. The van der Waals surface area contributed by atoms with Crippen molar-refractivity contribution in [2.75, 3.05) is 49.7 Å². The first-order valence-corrected chi connectivity index (χ1v) is 10.6. The zero-order valence-corrected chi connectivity index (χ0v) is 17.1. The second-order valence-corrected chi connectivity index (χ2v) is 8.15. The molecule has 0 bridgehead atoms. The highest BCUT2D eigenvalue weighted by Crippen LogP contribution is 2.42. The Bertz CT molecular complexity index is 735. The SMILES string of the molecule is CCOC(=O)Nc1ccc(N2CCCC3(CCN(C4CCOCC4)C3=O)C2)nc1. The van der Waals surface area contributed by atoms with Crippen LogP contribution < -0.4 is 10.2 Å². The molecular formula is C21H30N4O4. The lowest BCUT2D eigenvalue weighted by Crippen LogP contribution is -2.50. The molecule has 8 nitrogen and oxygen atoms in total. The van der Waals surface area contributed by atoms with E-state index in [1.165, 1.54) is 0 Å². The van der Waals surface area contributed by atoms with Gasteiger partial charge in [-0.15, -0.1) is 0 Å².